The minimum atomic E-state index is -4.02. The van der Waals surface area contributed by atoms with Gasteiger partial charge in [0.2, 0.25) is 0 Å². The number of thioether (sulfide) groups is 1. The molecule has 2 heterocycles. The molecule has 0 bridgehead atoms. The lowest BCUT2D eigenvalue weighted by atomic mass is 10.2. The predicted octanol–water partition coefficient (Wildman–Crippen LogP) is 4.24. The van der Waals surface area contributed by atoms with Crippen LogP contribution in [0.15, 0.2) is 63.1 Å². The lowest BCUT2D eigenvalue weighted by Crippen LogP contribution is -2.34. The summed E-state index contributed by atoms with van der Waals surface area (Å²) in [4.78, 5) is 34.3. The first kappa shape index (κ1) is 25.5. The summed E-state index contributed by atoms with van der Waals surface area (Å²) in [6.07, 6.45) is 6.72. The molecular weight excluding hydrogens is 500 g/mol. The van der Waals surface area contributed by atoms with Crippen molar-refractivity contribution >= 4 is 50.1 Å². The fourth-order valence-corrected chi connectivity index (χ4v) is 5.37. The Morgan fingerprint density at radius 2 is 1.92 bits per heavy atom. The summed E-state index contributed by atoms with van der Waals surface area (Å²) in [5.74, 6) is 0.787. The molecule has 10 nitrogen and oxygen atoms in total. The number of benzene rings is 1. The number of nitrogens with one attached hydrogen (secondary N) is 3. The minimum Gasteiger partial charge on any atom is -0.382 e. The maximum atomic E-state index is 13.2. The van der Waals surface area contributed by atoms with Crippen molar-refractivity contribution in [2.45, 2.75) is 39.7 Å². The van der Waals surface area contributed by atoms with Gasteiger partial charge in [-0.2, -0.15) is 0 Å². The molecule has 3 N–H and O–H groups in total. The van der Waals surface area contributed by atoms with E-state index in [2.05, 4.69) is 20.6 Å². The summed E-state index contributed by atoms with van der Waals surface area (Å²) >= 11 is 0.982. The number of hydrogen-bond acceptors (Lipinski definition) is 8. The number of fused-ring (bicyclic) bond motifs is 1. The second-order valence-electron chi connectivity index (χ2n) is 8.11. The van der Waals surface area contributed by atoms with Gasteiger partial charge in [-0.3, -0.25) is 4.79 Å². The molecule has 12 heteroatoms. The second-order valence-corrected chi connectivity index (χ2v) is 11.0. The third kappa shape index (κ3) is 5.77. The van der Waals surface area contributed by atoms with Gasteiger partial charge in [-0.15, -0.1) is 0 Å². The van der Waals surface area contributed by atoms with E-state index < -0.39 is 16.1 Å². The van der Waals surface area contributed by atoms with Crippen LogP contribution in [0.1, 0.15) is 32.5 Å². The van der Waals surface area contributed by atoms with Gasteiger partial charge in [-0.25, -0.2) is 32.5 Å². The summed E-state index contributed by atoms with van der Waals surface area (Å²) in [6, 6.07) is 8.13. The number of pyridine rings is 1. The van der Waals surface area contributed by atoms with Crippen molar-refractivity contribution < 1.29 is 13.2 Å². The first-order valence-corrected chi connectivity index (χ1v) is 13.6. The van der Waals surface area contributed by atoms with E-state index in [9.17, 15) is 18.0 Å². The van der Waals surface area contributed by atoms with Gasteiger partial charge in [0, 0.05) is 11.7 Å². The van der Waals surface area contributed by atoms with Gasteiger partial charge in [0.25, 0.3) is 15.6 Å². The van der Waals surface area contributed by atoms with Crippen molar-refractivity contribution in [3.63, 3.8) is 0 Å². The van der Waals surface area contributed by atoms with E-state index in [0.717, 1.165) is 30.3 Å². The molecule has 1 fully saturated rings. The third-order valence-electron chi connectivity index (χ3n) is 5.27. The summed E-state index contributed by atoms with van der Waals surface area (Å²) < 4.78 is 28.2. The summed E-state index contributed by atoms with van der Waals surface area (Å²) in [5, 5.41) is 7.91. The predicted molar refractivity (Wildman–Crippen MR) is 144 cm³/mol. The van der Waals surface area contributed by atoms with Gasteiger partial charge >= 0.3 is 6.03 Å². The van der Waals surface area contributed by atoms with Crippen molar-refractivity contribution in [3.05, 3.63) is 74.5 Å². The van der Waals surface area contributed by atoms with Gasteiger partial charge in [-0.05, 0) is 69.4 Å². The van der Waals surface area contributed by atoms with Crippen molar-refractivity contribution in [3.8, 4) is 5.82 Å². The number of hydrogen-bond donors (Lipinski definition) is 3. The molecule has 0 saturated heterocycles. The highest BCUT2D eigenvalue weighted by atomic mass is 32.3. The van der Waals surface area contributed by atoms with Crippen molar-refractivity contribution in [2.75, 3.05) is 10.6 Å². The number of sulfonamides is 1. The SMILES string of the molecule is C/C=C\S/C(=C\C)S(=O)(=O)NC(=O)Nc1ccc(-n2c(C)nc3cc(NC4CC4)ccc3c2=O)nc1. The Bertz CT molecular complexity index is 1520. The fourth-order valence-electron chi connectivity index (χ4n) is 3.46. The average Bonchev–Trinajstić information content (AvgIpc) is 3.64. The van der Waals surface area contributed by atoms with E-state index in [-0.39, 0.29) is 15.5 Å². The number of carbonyl (C=O) groups is 1. The summed E-state index contributed by atoms with van der Waals surface area (Å²) in [6.45, 7) is 5.05. The van der Waals surface area contributed by atoms with Gasteiger partial charge in [0.15, 0.2) is 0 Å². The molecule has 188 valence electrons. The van der Waals surface area contributed by atoms with Gasteiger partial charge in [0.1, 0.15) is 15.9 Å². The quantitative estimate of drug-likeness (QED) is 0.397. The number of nitrogens with zero attached hydrogens (tertiary/aromatic N) is 3. The molecule has 0 unspecified atom stereocenters. The van der Waals surface area contributed by atoms with Crippen molar-refractivity contribution in [2.24, 2.45) is 0 Å². The fraction of sp³-hybridized carbons (Fsp3) is 0.250. The van der Waals surface area contributed by atoms with E-state index in [4.69, 9.17) is 0 Å². The Hall–Kier alpha value is -3.64. The van der Waals surface area contributed by atoms with Crippen LogP contribution < -0.4 is 20.9 Å². The van der Waals surface area contributed by atoms with E-state index in [1.54, 1.807) is 44.4 Å². The van der Waals surface area contributed by atoms with E-state index >= 15 is 0 Å². The molecule has 0 aliphatic heterocycles. The highest BCUT2D eigenvalue weighted by Crippen LogP contribution is 2.26. The van der Waals surface area contributed by atoms with Gasteiger partial charge in [0.05, 0.1) is 22.8 Å². The normalized spacial score (nSPS) is 14.2. The molecule has 0 atom stereocenters. The van der Waals surface area contributed by atoms with Crippen LogP contribution >= 0.6 is 11.8 Å². The van der Waals surface area contributed by atoms with Crippen LogP contribution in [0, 0.1) is 6.92 Å². The zero-order valence-electron chi connectivity index (χ0n) is 20.0. The smallest absolute Gasteiger partial charge is 0.333 e. The number of anilines is 2. The summed E-state index contributed by atoms with van der Waals surface area (Å²) in [5.41, 5.74) is 1.53. The van der Waals surface area contributed by atoms with Crippen LogP contribution in [0.25, 0.3) is 16.7 Å². The Labute approximate surface area is 213 Å². The van der Waals surface area contributed by atoms with Gasteiger partial charge in [-0.1, -0.05) is 23.9 Å². The zero-order valence-corrected chi connectivity index (χ0v) is 21.6. The lowest BCUT2D eigenvalue weighted by Gasteiger charge is -2.12. The molecular formula is C24H26N6O4S2. The Kier molecular flexibility index (Phi) is 7.45. The second kappa shape index (κ2) is 10.5. The third-order valence-corrected chi connectivity index (χ3v) is 8.31. The highest BCUT2D eigenvalue weighted by molar-refractivity contribution is 8.19. The number of aromatic nitrogens is 3. The molecule has 1 saturated carbocycles. The van der Waals surface area contributed by atoms with Crippen molar-refractivity contribution in [1.82, 2.24) is 19.3 Å². The van der Waals surface area contributed by atoms with Crippen LogP contribution in [0.5, 0.6) is 0 Å². The first-order chi connectivity index (χ1) is 17.2. The average molecular weight is 527 g/mol. The van der Waals surface area contributed by atoms with E-state index in [0.29, 0.717) is 28.6 Å². The minimum absolute atomic E-state index is 0.00156. The first-order valence-electron chi connectivity index (χ1n) is 11.3. The monoisotopic (exact) mass is 526 g/mol. The molecule has 0 radical (unpaired) electrons. The molecule has 2 amide bonds. The topological polar surface area (TPSA) is 135 Å². The Morgan fingerprint density at radius 1 is 1.17 bits per heavy atom. The lowest BCUT2D eigenvalue weighted by molar-refractivity contribution is 0.256. The number of urea groups is 1. The number of carbonyl (C=O) groups excluding carboxylic acids is 1. The molecule has 36 heavy (non-hydrogen) atoms. The van der Waals surface area contributed by atoms with E-state index in [1.807, 2.05) is 16.9 Å². The van der Waals surface area contributed by atoms with Crippen LogP contribution in [0.2, 0.25) is 0 Å². The Balaban J connectivity index is 1.51. The zero-order chi connectivity index (χ0) is 25.9. The molecule has 4 rings (SSSR count). The molecule has 3 aromatic rings. The number of aryl methyl sites for hydroxylation is 1. The number of allylic oxidation sites excluding steroid dienone is 2. The van der Waals surface area contributed by atoms with E-state index in [1.165, 1.54) is 22.9 Å². The van der Waals surface area contributed by atoms with Crippen molar-refractivity contribution in [1.29, 1.82) is 0 Å². The number of rotatable bonds is 8. The molecule has 2 aromatic heterocycles. The standard InChI is InChI=1S/C24H26N6O4S2/c1-4-12-35-22(5-2)36(33,34)29-24(32)28-18-9-11-21(25-14-18)30-15(3)26-20-13-17(27-16-6-7-16)8-10-19(20)23(30)31/h4-5,8-14,16,27H,6-7H2,1-3H3,(H2,28,29,32)/b12-4-,22-5+. The summed E-state index contributed by atoms with van der Waals surface area (Å²) in [7, 11) is -4.02. The van der Waals surface area contributed by atoms with Crippen LogP contribution in [0.3, 0.4) is 0 Å². The molecule has 1 aliphatic rings. The molecule has 0 spiro atoms. The molecule has 1 aromatic carbocycles. The maximum absolute atomic E-state index is 13.2. The highest BCUT2D eigenvalue weighted by Gasteiger charge is 2.22. The largest absolute Gasteiger partial charge is 0.382 e. The maximum Gasteiger partial charge on any atom is 0.333 e. The number of amides is 2. The Morgan fingerprint density at radius 3 is 2.56 bits per heavy atom. The molecule has 1 aliphatic carbocycles. The van der Waals surface area contributed by atoms with Crippen LogP contribution in [-0.4, -0.2) is 35.0 Å². The van der Waals surface area contributed by atoms with Crippen LogP contribution in [0.4, 0.5) is 16.2 Å². The van der Waals surface area contributed by atoms with Crippen LogP contribution in [-0.2, 0) is 10.0 Å². The van der Waals surface area contributed by atoms with Gasteiger partial charge < -0.3 is 10.6 Å².